The summed E-state index contributed by atoms with van der Waals surface area (Å²) in [5.41, 5.74) is 2.89. The van der Waals surface area contributed by atoms with Crippen LogP contribution in [0.3, 0.4) is 0 Å². The Hall–Kier alpha value is -2.00. The minimum atomic E-state index is 0.0374. The zero-order chi connectivity index (χ0) is 20.2. The number of carbonyl (C=O) groups excluding carboxylic acids is 1. The highest BCUT2D eigenvalue weighted by atomic mass is 32.2. The molecule has 0 aliphatic heterocycles. The number of thioether (sulfide) groups is 1. The first kappa shape index (κ1) is 22.3. The summed E-state index contributed by atoms with van der Waals surface area (Å²) in [6.45, 7) is 2.26. The molecule has 3 heteroatoms. The fourth-order valence-corrected chi connectivity index (χ4v) is 3.95. The molecule has 2 aromatic carbocycles. The van der Waals surface area contributed by atoms with Crippen molar-refractivity contribution in [2.24, 2.45) is 0 Å². The molecule has 2 rings (SSSR count). The van der Waals surface area contributed by atoms with Crippen LogP contribution in [0.25, 0.3) is 6.08 Å². The second-order valence-electron chi connectivity index (χ2n) is 7.33. The largest absolute Gasteiger partial charge is 0.378 e. The fourth-order valence-electron chi connectivity index (χ4n) is 2.97. The molecule has 2 nitrogen and oxygen atoms in total. The molecule has 150 valence electrons. The van der Waals surface area contributed by atoms with Gasteiger partial charge in [0.2, 0.25) is 0 Å². The van der Waals surface area contributed by atoms with Gasteiger partial charge in [0.25, 0.3) is 0 Å². The Morgan fingerprint density at radius 1 is 0.964 bits per heavy atom. The molecule has 0 heterocycles. The third-order valence-corrected chi connectivity index (χ3v) is 5.80. The fraction of sp³-hybridized carbons (Fsp3) is 0.400. The summed E-state index contributed by atoms with van der Waals surface area (Å²) in [5.74, 6) is 1.20. The van der Waals surface area contributed by atoms with Gasteiger partial charge in [0, 0.05) is 30.2 Å². The van der Waals surface area contributed by atoms with Gasteiger partial charge in [-0.15, -0.1) is 11.8 Å². The van der Waals surface area contributed by atoms with Crippen LogP contribution in [0.2, 0.25) is 0 Å². The molecule has 0 spiro atoms. The molecule has 0 radical (unpaired) electrons. The van der Waals surface area contributed by atoms with Crippen molar-refractivity contribution in [2.75, 3.05) is 24.7 Å². The number of unbranched alkanes of at least 4 members (excludes halogenated alkanes) is 5. The average Bonchev–Trinajstić information content (AvgIpc) is 2.71. The van der Waals surface area contributed by atoms with Crippen molar-refractivity contribution < 1.29 is 4.79 Å². The minimum absolute atomic E-state index is 0.0374. The quantitative estimate of drug-likeness (QED) is 0.165. The third kappa shape index (κ3) is 7.93. The molecule has 0 aliphatic rings. The van der Waals surface area contributed by atoms with Gasteiger partial charge in [0.05, 0.1) is 0 Å². The first-order valence-corrected chi connectivity index (χ1v) is 11.3. The first-order chi connectivity index (χ1) is 13.6. The smallest absolute Gasteiger partial charge is 0.185 e. The Morgan fingerprint density at radius 3 is 2.39 bits per heavy atom. The van der Waals surface area contributed by atoms with E-state index in [0.717, 1.165) is 22.6 Å². The van der Waals surface area contributed by atoms with E-state index in [1.165, 1.54) is 43.4 Å². The SMILES string of the molecule is CCCCCCCCSc1cccc(/C=C/C(=O)c2ccc(N(C)C)cc2)c1. The highest BCUT2D eigenvalue weighted by molar-refractivity contribution is 7.99. The molecule has 0 N–H and O–H groups in total. The minimum Gasteiger partial charge on any atom is -0.378 e. The molecular formula is C25H33NOS. The molecule has 0 unspecified atom stereocenters. The number of anilines is 1. The topological polar surface area (TPSA) is 20.3 Å². The number of carbonyl (C=O) groups is 1. The molecule has 0 saturated heterocycles. The average molecular weight is 396 g/mol. The number of nitrogens with zero attached hydrogens (tertiary/aromatic N) is 1. The van der Waals surface area contributed by atoms with E-state index in [4.69, 9.17) is 0 Å². The highest BCUT2D eigenvalue weighted by Gasteiger charge is 2.03. The van der Waals surface area contributed by atoms with Gasteiger partial charge in [-0.3, -0.25) is 4.79 Å². The molecule has 0 bridgehead atoms. The number of rotatable bonds is 12. The lowest BCUT2D eigenvalue weighted by Crippen LogP contribution is -2.08. The molecule has 0 saturated carbocycles. The van der Waals surface area contributed by atoms with Crippen molar-refractivity contribution >= 4 is 29.3 Å². The molecule has 2 aromatic rings. The van der Waals surface area contributed by atoms with E-state index in [1.54, 1.807) is 6.08 Å². The summed E-state index contributed by atoms with van der Waals surface area (Å²) < 4.78 is 0. The van der Waals surface area contributed by atoms with E-state index in [0.29, 0.717) is 0 Å². The maximum Gasteiger partial charge on any atom is 0.185 e. The van der Waals surface area contributed by atoms with E-state index in [-0.39, 0.29) is 5.78 Å². The van der Waals surface area contributed by atoms with Crippen molar-refractivity contribution in [1.82, 2.24) is 0 Å². The Bertz CT molecular complexity index is 749. The van der Waals surface area contributed by atoms with E-state index in [9.17, 15) is 4.79 Å². The summed E-state index contributed by atoms with van der Waals surface area (Å²) in [5, 5.41) is 0. The second kappa shape index (κ2) is 12.5. The van der Waals surface area contributed by atoms with Gasteiger partial charge in [0.1, 0.15) is 0 Å². The first-order valence-electron chi connectivity index (χ1n) is 10.3. The predicted molar refractivity (Wildman–Crippen MR) is 125 cm³/mol. The third-order valence-electron chi connectivity index (χ3n) is 4.72. The Kier molecular flexibility index (Phi) is 9.92. The zero-order valence-corrected chi connectivity index (χ0v) is 18.3. The van der Waals surface area contributed by atoms with Crippen LogP contribution in [0.15, 0.2) is 59.5 Å². The zero-order valence-electron chi connectivity index (χ0n) is 17.5. The number of allylic oxidation sites excluding steroid dienone is 1. The van der Waals surface area contributed by atoms with Crippen LogP contribution in [0.1, 0.15) is 61.4 Å². The van der Waals surface area contributed by atoms with Crippen LogP contribution in [-0.4, -0.2) is 25.6 Å². The van der Waals surface area contributed by atoms with Gasteiger partial charge in [-0.1, -0.05) is 57.2 Å². The summed E-state index contributed by atoms with van der Waals surface area (Å²) in [7, 11) is 3.99. The Balaban J connectivity index is 1.83. The van der Waals surface area contributed by atoms with Gasteiger partial charge in [-0.2, -0.15) is 0 Å². The van der Waals surface area contributed by atoms with Crippen LogP contribution < -0.4 is 4.90 Å². The van der Waals surface area contributed by atoms with E-state index in [2.05, 4.69) is 25.1 Å². The number of hydrogen-bond donors (Lipinski definition) is 0. The van der Waals surface area contributed by atoms with Crippen LogP contribution in [0.4, 0.5) is 5.69 Å². The van der Waals surface area contributed by atoms with Gasteiger partial charge in [-0.05, 0) is 60.2 Å². The van der Waals surface area contributed by atoms with Gasteiger partial charge < -0.3 is 4.90 Å². The molecule has 0 aromatic heterocycles. The van der Waals surface area contributed by atoms with Crippen LogP contribution in [-0.2, 0) is 0 Å². The van der Waals surface area contributed by atoms with Crippen molar-refractivity contribution in [1.29, 1.82) is 0 Å². The predicted octanol–water partition coefficient (Wildman–Crippen LogP) is 7.10. The van der Waals surface area contributed by atoms with Crippen molar-refractivity contribution in [3.63, 3.8) is 0 Å². The van der Waals surface area contributed by atoms with Crippen molar-refractivity contribution in [3.05, 3.63) is 65.7 Å². The maximum atomic E-state index is 12.4. The standard InChI is InChI=1S/C25H33NOS/c1-4-5-6-7-8-9-19-28-24-12-10-11-21(20-24)13-18-25(27)22-14-16-23(17-15-22)26(2)3/h10-18,20H,4-9,19H2,1-3H3/b18-13+. The lowest BCUT2D eigenvalue weighted by molar-refractivity contribution is 0.104. The molecule has 0 fully saturated rings. The number of ketones is 1. The van der Waals surface area contributed by atoms with Gasteiger partial charge in [0.15, 0.2) is 5.78 Å². The lowest BCUT2D eigenvalue weighted by atomic mass is 10.1. The van der Waals surface area contributed by atoms with E-state index < -0.39 is 0 Å². The normalized spacial score (nSPS) is 11.1. The summed E-state index contributed by atoms with van der Waals surface area (Å²) in [6.07, 6.45) is 11.6. The molecule has 28 heavy (non-hydrogen) atoms. The van der Waals surface area contributed by atoms with E-state index in [1.807, 2.05) is 67.2 Å². The summed E-state index contributed by atoms with van der Waals surface area (Å²) >= 11 is 1.91. The summed E-state index contributed by atoms with van der Waals surface area (Å²) in [4.78, 5) is 15.7. The van der Waals surface area contributed by atoms with Crippen LogP contribution >= 0.6 is 11.8 Å². The van der Waals surface area contributed by atoms with Gasteiger partial charge in [-0.25, -0.2) is 0 Å². The molecule has 0 aliphatic carbocycles. The number of benzene rings is 2. The van der Waals surface area contributed by atoms with Crippen molar-refractivity contribution in [2.45, 2.75) is 50.3 Å². The van der Waals surface area contributed by atoms with Crippen LogP contribution in [0.5, 0.6) is 0 Å². The lowest BCUT2D eigenvalue weighted by Gasteiger charge is -2.11. The summed E-state index contributed by atoms with van der Waals surface area (Å²) in [6, 6.07) is 16.2. The highest BCUT2D eigenvalue weighted by Crippen LogP contribution is 2.22. The van der Waals surface area contributed by atoms with E-state index >= 15 is 0 Å². The molecule has 0 amide bonds. The Labute approximate surface area is 175 Å². The molecule has 0 atom stereocenters. The monoisotopic (exact) mass is 395 g/mol. The maximum absolute atomic E-state index is 12.4. The van der Waals surface area contributed by atoms with Crippen molar-refractivity contribution in [3.8, 4) is 0 Å². The molecular weight excluding hydrogens is 362 g/mol. The van der Waals surface area contributed by atoms with Crippen LogP contribution in [0, 0.1) is 0 Å². The van der Waals surface area contributed by atoms with Gasteiger partial charge >= 0.3 is 0 Å². The Morgan fingerprint density at radius 2 is 1.68 bits per heavy atom. The number of hydrogen-bond acceptors (Lipinski definition) is 3. The second-order valence-corrected chi connectivity index (χ2v) is 8.50.